The van der Waals surface area contributed by atoms with E-state index in [1.165, 1.54) is 18.9 Å². The fourth-order valence-electron chi connectivity index (χ4n) is 3.89. The number of ether oxygens (including phenoxy) is 1. The number of esters is 1. The van der Waals surface area contributed by atoms with Gasteiger partial charge in [-0.25, -0.2) is 0 Å². The molecule has 0 aromatic heterocycles. The standard InChI is InChI=1S/C18H25NO4/c1-11(8-12-4-3-5-16(20)17(12)21)18(22)23-15-9-13-6-7-14(10-15)19(13)2/h3-5,11,13-15,20-21H,6-10H2,1-2H3/t11?,13-,14+,15+. The number of aromatic hydroxyl groups is 2. The van der Waals surface area contributed by atoms with E-state index < -0.39 is 0 Å². The van der Waals surface area contributed by atoms with Crippen molar-refractivity contribution in [2.45, 2.75) is 57.2 Å². The number of nitrogens with zero attached hydrogens (tertiary/aromatic N) is 1. The molecule has 2 heterocycles. The third-order valence-corrected chi connectivity index (χ3v) is 5.36. The van der Waals surface area contributed by atoms with Crippen LogP contribution in [0.5, 0.6) is 11.5 Å². The van der Waals surface area contributed by atoms with Gasteiger partial charge in [0, 0.05) is 12.1 Å². The Kier molecular flexibility index (Phi) is 4.48. The highest BCUT2D eigenvalue weighted by Gasteiger charge is 2.40. The molecule has 2 aliphatic rings. The molecule has 23 heavy (non-hydrogen) atoms. The van der Waals surface area contributed by atoms with Gasteiger partial charge in [0.25, 0.3) is 0 Å². The SMILES string of the molecule is CC(Cc1cccc(O)c1O)C(=O)O[C@H]1C[C@H]2CC[C@@H](C1)N2C. The maximum Gasteiger partial charge on any atom is 0.309 e. The maximum absolute atomic E-state index is 12.3. The summed E-state index contributed by atoms with van der Waals surface area (Å²) in [6.45, 7) is 1.80. The Hall–Kier alpha value is -1.75. The first-order valence-corrected chi connectivity index (χ1v) is 8.38. The van der Waals surface area contributed by atoms with Crippen molar-refractivity contribution in [3.8, 4) is 11.5 Å². The smallest absolute Gasteiger partial charge is 0.309 e. The first-order valence-electron chi connectivity index (χ1n) is 8.38. The van der Waals surface area contributed by atoms with Crippen molar-refractivity contribution in [2.75, 3.05) is 7.05 Å². The number of carbonyl (C=O) groups excluding carboxylic acids is 1. The van der Waals surface area contributed by atoms with Crippen molar-refractivity contribution in [2.24, 2.45) is 5.92 Å². The van der Waals surface area contributed by atoms with Gasteiger partial charge in [-0.05, 0) is 50.8 Å². The molecule has 4 atom stereocenters. The number of hydrogen-bond donors (Lipinski definition) is 2. The molecule has 5 heteroatoms. The summed E-state index contributed by atoms with van der Waals surface area (Å²) in [6.07, 6.45) is 4.60. The molecule has 0 saturated carbocycles. The molecule has 5 nitrogen and oxygen atoms in total. The predicted molar refractivity (Wildman–Crippen MR) is 86.3 cm³/mol. The van der Waals surface area contributed by atoms with Gasteiger partial charge in [-0.2, -0.15) is 0 Å². The first-order chi connectivity index (χ1) is 11.0. The summed E-state index contributed by atoms with van der Waals surface area (Å²) >= 11 is 0. The molecule has 0 amide bonds. The van der Waals surface area contributed by atoms with Crippen LogP contribution in [0.2, 0.25) is 0 Å². The lowest BCUT2D eigenvalue weighted by Crippen LogP contribution is -2.43. The molecule has 2 bridgehead atoms. The average molecular weight is 319 g/mol. The Morgan fingerprint density at radius 1 is 1.30 bits per heavy atom. The van der Waals surface area contributed by atoms with Crippen molar-refractivity contribution in [3.63, 3.8) is 0 Å². The highest BCUT2D eigenvalue weighted by molar-refractivity contribution is 5.73. The number of benzene rings is 1. The van der Waals surface area contributed by atoms with E-state index in [4.69, 9.17) is 4.74 Å². The van der Waals surface area contributed by atoms with Crippen LogP contribution < -0.4 is 0 Å². The van der Waals surface area contributed by atoms with Crippen molar-refractivity contribution in [3.05, 3.63) is 23.8 Å². The van der Waals surface area contributed by atoms with E-state index in [0.29, 0.717) is 24.1 Å². The molecule has 1 aromatic carbocycles. The van der Waals surface area contributed by atoms with Crippen LogP contribution in [0.3, 0.4) is 0 Å². The lowest BCUT2D eigenvalue weighted by Gasteiger charge is -2.36. The molecule has 0 radical (unpaired) electrons. The highest BCUT2D eigenvalue weighted by Crippen LogP contribution is 2.36. The predicted octanol–water partition coefficient (Wildman–Crippen LogP) is 2.44. The quantitative estimate of drug-likeness (QED) is 0.659. The third kappa shape index (κ3) is 3.29. The second kappa shape index (κ2) is 6.40. The van der Waals surface area contributed by atoms with Crippen LogP contribution in [0.15, 0.2) is 18.2 Å². The lowest BCUT2D eigenvalue weighted by molar-refractivity contribution is -0.156. The van der Waals surface area contributed by atoms with Crippen LogP contribution in [0.1, 0.15) is 38.2 Å². The lowest BCUT2D eigenvalue weighted by atomic mass is 9.98. The van der Waals surface area contributed by atoms with E-state index in [1.54, 1.807) is 19.1 Å². The molecule has 1 aromatic rings. The summed E-state index contributed by atoms with van der Waals surface area (Å²) in [6, 6.07) is 5.89. The zero-order valence-electron chi connectivity index (χ0n) is 13.7. The molecule has 2 saturated heterocycles. The van der Waals surface area contributed by atoms with Gasteiger partial charge in [0.2, 0.25) is 0 Å². The second-order valence-corrected chi connectivity index (χ2v) is 6.97. The molecule has 2 aliphatic heterocycles. The third-order valence-electron chi connectivity index (χ3n) is 5.36. The second-order valence-electron chi connectivity index (χ2n) is 6.97. The Morgan fingerprint density at radius 2 is 1.96 bits per heavy atom. The van der Waals surface area contributed by atoms with E-state index in [9.17, 15) is 15.0 Å². The summed E-state index contributed by atoms with van der Waals surface area (Å²) in [4.78, 5) is 14.8. The number of phenolic OH excluding ortho intramolecular Hbond substituents is 2. The van der Waals surface area contributed by atoms with Crippen molar-refractivity contribution in [1.82, 2.24) is 4.90 Å². The molecule has 0 aliphatic carbocycles. The summed E-state index contributed by atoms with van der Waals surface area (Å²) in [7, 11) is 2.16. The van der Waals surface area contributed by atoms with Gasteiger partial charge in [0.1, 0.15) is 6.10 Å². The molecule has 1 unspecified atom stereocenters. The molecular weight excluding hydrogens is 294 g/mol. The van der Waals surface area contributed by atoms with Crippen LogP contribution in [0.4, 0.5) is 0 Å². The number of carbonyl (C=O) groups is 1. The van der Waals surface area contributed by atoms with E-state index in [1.807, 2.05) is 0 Å². The van der Waals surface area contributed by atoms with Crippen LogP contribution in [-0.2, 0) is 16.0 Å². The Morgan fingerprint density at radius 3 is 2.61 bits per heavy atom. The fourth-order valence-corrected chi connectivity index (χ4v) is 3.89. The largest absolute Gasteiger partial charge is 0.504 e. The van der Waals surface area contributed by atoms with Crippen molar-refractivity contribution in [1.29, 1.82) is 0 Å². The van der Waals surface area contributed by atoms with Gasteiger partial charge in [0.15, 0.2) is 11.5 Å². The van der Waals surface area contributed by atoms with Gasteiger partial charge >= 0.3 is 5.97 Å². The topological polar surface area (TPSA) is 70.0 Å². The monoisotopic (exact) mass is 319 g/mol. The van der Waals surface area contributed by atoms with Gasteiger partial charge < -0.3 is 19.8 Å². The van der Waals surface area contributed by atoms with E-state index >= 15 is 0 Å². The molecule has 3 rings (SSSR count). The minimum absolute atomic E-state index is 0.0106. The molecule has 2 fully saturated rings. The molecular formula is C18H25NO4. The number of hydrogen-bond acceptors (Lipinski definition) is 5. The summed E-state index contributed by atoms with van der Waals surface area (Å²) in [5, 5.41) is 19.4. The van der Waals surface area contributed by atoms with Gasteiger partial charge in [-0.3, -0.25) is 4.79 Å². The minimum Gasteiger partial charge on any atom is -0.504 e. The minimum atomic E-state index is -0.347. The Balaban J connectivity index is 1.57. The van der Waals surface area contributed by atoms with Crippen LogP contribution in [0.25, 0.3) is 0 Å². The van der Waals surface area contributed by atoms with Gasteiger partial charge in [-0.15, -0.1) is 0 Å². The fraction of sp³-hybridized carbons (Fsp3) is 0.611. The number of piperidine rings is 1. The van der Waals surface area contributed by atoms with Gasteiger partial charge in [-0.1, -0.05) is 19.1 Å². The number of phenols is 2. The van der Waals surface area contributed by atoms with E-state index in [0.717, 1.165) is 12.8 Å². The molecule has 0 spiro atoms. The van der Waals surface area contributed by atoms with E-state index in [-0.39, 0.29) is 29.5 Å². The van der Waals surface area contributed by atoms with Crippen molar-refractivity contribution < 1.29 is 19.7 Å². The summed E-state index contributed by atoms with van der Waals surface area (Å²) in [5.74, 6) is -0.874. The van der Waals surface area contributed by atoms with Gasteiger partial charge in [0.05, 0.1) is 5.92 Å². The van der Waals surface area contributed by atoms with E-state index in [2.05, 4.69) is 11.9 Å². The number of fused-ring (bicyclic) bond motifs is 2. The molecule has 2 N–H and O–H groups in total. The average Bonchev–Trinajstić information content (AvgIpc) is 2.74. The Labute approximate surface area is 136 Å². The first kappa shape index (κ1) is 16.1. The van der Waals surface area contributed by atoms with Crippen LogP contribution in [0, 0.1) is 5.92 Å². The van der Waals surface area contributed by atoms with Crippen LogP contribution in [-0.4, -0.2) is 46.3 Å². The maximum atomic E-state index is 12.3. The zero-order chi connectivity index (χ0) is 16.6. The Bertz CT molecular complexity index is 574. The van der Waals surface area contributed by atoms with Crippen molar-refractivity contribution >= 4 is 5.97 Å². The number of para-hydroxylation sites is 1. The number of rotatable bonds is 4. The normalized spacial score (nSPS) is 28.5. The summed E-state index contributed by atoms with van der Waals surface area (Å²) in [5.41, 5.74) is 0.567. The molecule has 126 valence electrons. The zero-order valence-corrected chi connectivity index (χ0v) is 13.7. The summed E-state index contributed by atoms with van der Waals surface area (Å²) < 4.78 is 5.71. The highest BCUT2D eigenvalue weighted by atomic mass is 16.5. The van der Waals surface area contributed by atoms with Crippen LogP contribution >= 0.6 is 0 Å².